The molecule has 0 aliphatic rings. The maximum Gasteiger partial charge on any atom is 0.308 e. The maximum atomic E-state index is 13.0. The fraction of sp³-hybridized carbons (Fsp3) is 0.385. The molecule has 2 rings (SSSR count). The molecule has 0 aliphatic carbocycles. The smallest absolute Gasteiger partial charge is 0.308 e. The first-order chi connectivity index (χ1) is 16.8. The highest BCUT2D eigenvalue weighted by Crippen LogP contribution is 2.17. The summed E-state index contributed by atoms with van der Waals surface area (Å²) in [5, 5.41) is 2.59. The zero-order valence-electron chi connectivity index (χ0n) is 19.9. The third-order valence-corrected chi connectivity index (χ3v) is 5.82. The molecule has 0 heterocycles. The molecule has 9 heteroatoms. The number of benzene rings is 2. The lowest BCUT2D eigenvalue weighted by atomic mass is 9.90. The van der Waals surface area contributed by atoms with Crippen molar-refractivity contribution in [3.8, 4) is 0 Å². The van der Waals surface area contributed by atoms with Gasteiger partial charge in [0.25, 0.3) is 0 Å². The molecular weight excluding hydrogens is 516 g/mol. The highest BCUT2D eigenvalue weighted by molar-refractivity contribution is 9.09. The number of ether oxygens (including phenoxy) is 1. The van der Waals surface area contributed by atoms with E-state index in [1.165, 1.54) is 0 Å². The van der Waals surface area contributed by atoms with Crippen molar-refractivity contribution in [2.45, 2.75) is 45.9 Å². The van der Waals surface area contributed by atoms with Crippen molar-refractivity contribution < 1.29 is 28.8 Å². The van der Waals surface area contributed by atoms with Crippen LogP contribution in [-0.4, -0.2) is 34.9 Å². The third kappa shape index (κ3) is 10.4. The van der Waals surface area contributed by atoms with Gasteiger partial charge < -0.3 is 10.1 Å². The summed E-state index contributed by atoms with van der Waals surface area (Å²) in [4.78, 5) is 55.3. The number of rotatable bonds is 14. The SMILES string of the molecule is CC(C)C(CC(=O)NOCc1ccccc1)C(=O)NC(CC(=O)OCc1ccccc1)C(=O)CBr. The highest BCUT2D eigenvalue weighted by atomic mass is 79.9. The van der Waals surface area contributed by atoms with Crippen LogP contribution in [0.25, 0.3) is 0 Å². The van der Waals surface area contributed by atoms with Crippen LogP contribution < -0.4 is 10.8 Å². The van der Waals surface area contributed by atoms with Crippen LogP contribution in [0.15, 0.2) is 60.7 Å². The first kappa shape index (κ1) is 28.2. The molecule has 8 nitrogen and oxygen atoms in total. The Hall–Kier alpha value is -3.04. The third-order valence-electron chi connectivity index (χ3n) is 5.26. The number of alkyl halides is 1. The minimum atomic E-state index is -1.07. The first-order valence-electron chi connectivity index (χ1n) is 11.3. The van der Waals surface area contributed by atoms with Crippen LogP contribution in [0.2, 0.25) is 0 Å². The van der Waals surface area contributed by atoms with Crippen LogP contribution in [0.5, 0.6) is 0 Å². The summed E-state index contributed by atoms with van der Waals surface area (Å²) < 4.78 is 5.25. The molecule has 188 valence electrons. The number of Topliss-reactive ketones (excluding diaryl/α,β-unsaturated/α-hetero) is 1. The fourth-order valence-electron chi connectivity index (χ4n) is 3.23. The molecule has 0 saturated carbocycles. The summed E-state index contributed by atoms with van der Waals surface area (Å²) in [7, 11) is 0. The Balaban J connectivity index is 1.90. The molecule has 0 bridgehead atoms. The van der Waals surface area contributed by atoms with Gasteiger partial charge in [-0.25, -0.2) is 5.48 Å². The molecule has 0 saturated heterocycles. The van der Waals surface area contributed by atoms with Crippen molar-refractivity contribution in [1.29, 1.82) is 0 Å². The number of nitrogens with one attached hydrogen (secondary N) is 2. The van der Waals surface area contributed by atoms with Crippen molar-refractivity contribution in [3.63, 3.8) is 0 Å². The summed E-state index contributed by atoms with van der Waals surface area (Å²) in [5.41, 5.74) is 4.06. The monoisotopic (exact) mass is 546 g/mol. The van der Waals surface area contributed by atoms with Crippen molar-refractivity contribution in [1.82, 2.24) is 10.8 Å². The van der Waals surface area contributed by atoms with Gasteiger partial charge in [-0.3, -0.25) is 24.0 Å². The molecule has 0 spiro atoms. The van der Waals surface area contributed by atoms with Crippen molar-refractivity contribution in [2.75, 3.05) is 5.33 Å². The summed E-state index contributed by atoms with van der Waals surface area (Å²) in [6.45, 7) is 3.87. The molecule has 2 N–H and O–H groups in total. The summed E-state index contributed by atoms with van der Waals surface area (Å²) in [5.74, 6) is -2.84. The van der Waals surface area contributed by atoms with E-state index in [1.807, 2.05) is 60.7 Å². The number of hydrogen-bond donors (Lipinski definition) is 2. The zero-order chi connectivity index (χ0) is 25.6. The van der Waals surface area contributed by atoms with Gasteiger partial charge in [0.15, 0.2) is 5.78 Å². The predicted molar refractivity (Wildman–Crippen MR) is 134 cm³/mol. The normalized spacial score (nSPS) is 12.5. The van der Waals surface area contributed by atoms with Gasteiger partial charge in [0.2, 0.25) is 11.8 Å². The molecule has 2 amide bonds. The molecule has 0 aromatic heterocycles. The van der Waals surface area contributed by atoms with E-state index in [1.54, 1.807) is 13.8 Å². The summed E-state index contributed by atoms with van der Waals surface area (Å²) in [6, 6.07) is 17.4. The highest BCUT2D eigenvalue weighted by Gasteiger charge is 2.30. The number of esters is 1. The molecule has 0 fully saturated rings. The topological polar surface area (TPSA) is 111 Å². The number of ketones is 1. The molecule has 2 aromatic carbocycles. The van der Waals surface area contributed by atoms with Gasteiger partial charge in [-0.2, -0.15) is 0 Å². The molecular formula is C26H31BrN2O6. The van der Waals surface area contributed by atoms with Gasteiger partial charge >= 0.3 is 5.97 Å². The van der Waals surface area contributed by atoms with Gasteiger partial charge in [0.05, 0.1) is 24.4 Å². The molecule has 35 heavy (non-hydrogen) atoms. The molecule has 2 atom stereocenters. The van der Waals surface area contributed by atoms with Gasteiger partial charge in [-0.05, 0) is 17.0 Å². The second kappa shape index (κ2) is 15.1. The number of halogens is 1. The van der Waals surface area contributed by atoms with Gasteiger partial charge in [-0.15, -0.1) is 0 Å². The summed E-state index contributed by atoms with van der Waals surface area (Å²) in [6.07, 6.45) is -0.438. The second-order valence-corrected chi connectivity index (χ2v) is 8.93. The van der Waals surface area contributed by atoms with E-state index in [-0.39, 0.29) is 43.1 Å². The van der Waals surface area contributed by atoms with E-state index in [2.05, 4.69) is 26.7 Å². The van der Waals surface area contributed by atoms with Gasteiger partial charge in [0, 0.05) is 12.3 Å². The fourth-order valence-corrected chi connectivity index (χ4v) is 3.62. The summed E-state index contributed by atoms with van der Waals surface area (Å²) >= 11 is 3.09. The van der Waals surface area contributed by atoms with E-state index in [9.17, 15) is 19.2 Å². The van der Waals surface area contributed by atoms with Crippen LogP contribution in [0, 0.1) is 11.8 Å². The lowest BCUT2D eigenvalue weighted by Crippen LogP contribution is -2.47. The van der Waals surface area contributed by atoms with Crippen molar-refractivity contribution in [2.24, 2.45) is 11.8 Å². The Bertz CT molecular complexity index is 968. The average Bonchev–Trinajstić information content (AvgIpc) is 2.86. The largest absolute Gasteiger partial charge is 0.461 e. The van der Waals surface area contributed by atoms with Crippen molar-refractivity contribution >= 4 is 39.5 Å². The average molecular weight is 547 g/mol. The predicted octanol–water partition coefficient (Wildman–Crippen LogP) is 3.48. The Kier molecular flexibility index (Phi) is 12.1. The number of carbonyl (C=O) groups excluding carboxylic acids is 4. The van der Waals surface area contributed by atoms with Crippen LogP contribution in [0.1, 0.15) is 37.8 Å². The van der Waals surface area contributed by atoms with E-state index >= 15 is 0 Å². The van der Waals surface area contributed by atoms with Crippen LogP contribution >= 0.6 is 15.9 Å². The van der Waals surface area contributed by atoms with E-state index in [4.69, 9.17) is 9.57 Å². The van der Waals surface area contributed by atoms with Crippen LogP contribution in [0.3, 0.4) is 0 Å². The van der Waals surface area contributed by atoms with E-state index < -0.39 is 29.7 Å². The van der Waals surface area contributed by atoms with Crippen LogP contribution in [0.4, 0.5) is 0 Å². The molecule has 0 aliphatic heterocycles. The standard InChI is InChI=1S/C26H31BrN2O6/c1-18(2)21(13-24(31)29-35-17-20-11-7-4-8-12-20)26(33)28-22(23(30)15-27)14-25(32)34-16-19-9-5-3-6-10-19/h3-12,18,21-22H,13-17H2,1-2H3,(H,28,33)(H,29,31). The zero-order valence-corrected chi connectivity index (χ0v) is 21.5. The molecule has 2 aromatic rings. The van der Waals surface area contributed by atoms with Gasteiger partial charge in [0.1, 0.15) is 6.61 Å². The number of carbonyl (C=O) groups is 4. The Labute approximate surface area is 213 Å². The molecule has 2 unspecified atom stereocenters. The number of amides is 2. The van der Waals surface area contributed by atoms with E-state index in [0.29, 0.717) is 0 Å². The van der Waals surface area contributed by atoms with Gasteiger partial charge in [-0.1, -0.05) is 90.4 Å². The van der Waals surface area contributed by atoms with Crippen molar-refractivity contribution in [3.05, 3.63) is 71.8 Å². The Morgan fingerprint density at radius 3 is 1.97 bits per heavy atom. The quantitative estimate of drug-likeness (QED) is 0.213. The lowest BCUT2D eigenvalue weighted by Gasteiger charge is -2.23. The second-order valence-electron chi connectivity index (χ2n) is 8.37. The number of hydrogen-bond acceptors (Lipinski definition) is 6. The molecule has 0 radical (unpaired) electrons. The maximum absolute atomic E-state index is 13.0. The van der Waals surface area contributed by atoms with Crippen LogP contribution in [-0.2, 0) is 42.0 Å². The Morgan fingerprint density at radius 1 is 0.857 bits per heavy atom. The van der Waals surface area contributed by atoms with E-state index in [0.717, 1.165) is 11.1 Å². The minimum absolute atomic E-state index is 0.0376. The lowest BCUT2D eigenvalue weighted by molar-refractivity contribution is -0.147. The first-order valence-corrected chi connectivity index (χ1v) is 12.5. The minimum Gasteiger partial charge on any atom is -0.461 e. The number of hydroxylamine groups is 1. The Morgan fingerprint density at radius 2 is 1.43 bits per heavy atom.